The third-order valence-electron chi connectivity index (χ3n) is 6.52. The van der Waals surface area contributed by atoms with E-state index in [9.17, 15) is 9.59 Å². The van der Waals surface area contributed by atoms with E-state index in [2.05, 4.69) is 5.10 Å². The Kier molecular flexibility index (Phi) is 6.53. The second-order valence-corrected chi connectivity index (χ2v) is 9.53. The minimum atomic E-state index is -0.860. The summed E-state index contributed by atoms with van der Waals surface area (Å²) >= 11 is 6.18. The van der Waals surface area contributed by atoms with Crippen LogP contribution in [-0.4, -0.2) is 35.1 Å². The Balaban J connectivity index is 1.56. The zero-order chi connectivity index (χ0) is 27.8. The van der Waals surface area contributed by atoms with E-state index in [0.29, 0.717) is 38.6 Å². The average Bonchev–Trinajstić information content (AvgIpc) is 3.39. The number of hydrogen-bond donors (Lipinski definition) is 0. The first-order valence-electron chi connectivity index (χ1n) is 12.4. The van der Waals surface area contributed by atoms with Gasteiger partial charge in [0.25, 0.3) is 5.56 Å². The van der Waals surface area contributed by atoms with Crippen molar-refractivity contribution in [2.45, 2.75) is 13.0 Å². The van der Waals surface area contributed by atoms with E-state index >= 15 is 0 Å². The number of carbonyl (C=O) groups excluding carboxylic acids is 1. The van der Waals surface area contributed by atoms with Crippen molar-refractivity contribution in [1.29, 1.82) is 0 Å². The SMILES string of the molecule is COC(=O)[C@H](C)Oc1ccc2ccccc2c1C=Nn1c(-c2cc3cc(Cl)ccc3o2)nc2ccccc2c1=O. The summed E-state index contributed by atoms with van der Waals surface area (Å²) in [6.45, 7) is 1.60. The zero-order valence-corrected chi connectivity index (χ0v) is 22.3. The molecule has 0 saturated heterocycles. The predicted molar refractivity (Wildman–Crippen MR) is 155 cm³/mol. The fourth-order valence-corrected chi connectivity index (χ4v) is 4.73. The van der Waals surface area contributed by atoms with Crippen molar-refractivity contribution in [1.82, 2.24) is 9.66 Å². The standard InChI is InChI=1S/C31H22ClN3O5/c1-18(31(37)38-2)39-27-13-11-19-7-3-4-8-22(19)24(27)17-33-35-29(34-25-10-6-5-9-23(25)30(35)36)28-16-20-15-21(32)12-14-26(20)40-28/h3-18H,1-2H3/t18-/m0/s1. The molecule has 1 atom stereocenters. The van der Waals surface area contributed by atoms with Crippen LogP contribution in [0.5, 0.6) is 5.75 Å². The molecule has 0 amide bonds. The number of furan rings is 1. The summed E-state index contributed by atoms with van der Waals surface area (Å²) in [6.07, 6.45) is 0.670. The molecular formula is C31H22ClN3O5. The molecule has 8 nitrogen and oxygen atoms in total. The Labute approximate surface area is 233 Å². The lowest BCUT2D eigenvalue weighted by Crippen LogP contribution is -2.25. The van der Waals surface area contributed by atoms with Crippen LogP contribution < -0.4 is 10.3 Å². The van der Waals surface area contributed by atoms with E-state index in [1.165, 1.54) is 18.0 Å². The van der Waals surface area contributed by atoms with Crippen LogP contribution in [0.1, 0.15) is 12.5 Å². The molecule has 4 aromatic carbocycles. The monoisotopic (exact) mass is 551 g/mol. The minimum Gasteiger partial charge on any atom is -0.478 e. The predicted octanol–water partition coefficient (Wildman–Crippen LogP) is 6.44. The highest BCUT2D eigenvalue weighted by Gasteiger charge is 2.19. The summed E-state index contributed by atoms with van der Waals surface area (Å²) in [6, 6.07) is 25.4. The fraction of sp³-hybridized carbons (Fsp3) is 0.0968. The average molecular weight is 552 g/mol. The molecule has 0 radical (unpaired) electrons. The molecule has 6 aromatic rings. The lowest BCUT2D eigenvalue weighted by molar-refractivity contribution is -0.147. The number of aromatic nitrogens is 2. The van der Waals surface area contributed by atoms with Crippen molar-refractivity contribution in [2.75, 3.05) is 7.11 Å². The molecule has 2 aromatic heterocycles. The van der Waals surface area contributed by atoms with Crippen LogP contribution >= 0.6 is 11.6 Å². The zero-order valence-electron chi connectivity index (χ0n) is 21.5. The molecule has 0 aliphatic carbocycles. The quantitative estimate of drug-likeness (QED) is 0.175. The maximum Gasteiger partial charge on any atom is 0.346 e. The van der Waals surface area contributed by atoms with E-state index < -0.39 is 12.1 Å². The van der Waals surface area contributed by atoms with Crippen molar-refractivity contribution < 1.29 is 18.7 Å². The number of esters is 1. The molecule has 0 saturated carbocycles. The van der Waals surface area contributed by atoms with Gasteiger partial charge in [-0.2, -0.15) is 9.78 Å². The van der Waals surface area contributed by atoms with Gasteiger partial charge in [-0.15, -0.1) is 0 Å². The molecule has 2 heterocycles. The van der Waals surface area contributed by atoms with Crippen LogP contribution in [0.4, 0.5) is 0 Å². The summed E-state index contributed by atoms with van der Waals surface area (Å²) in [5.74, 6) is 0.462. The van der Waals surface area contributed by atoms with Crippen molar-refractivity contribution in [3.05, 3.63) is 106 Å². The van der Waals surface area contributed by atoms with Crippen molar-refractivity contribution in [2.24, 2.45) is 5.10 Å². The van der Waals surface area contributed by atoms with Gasteiger partial charge in [0.05, 0.1) is 24.2 Å². The summed E-state index contributed by atoms with van der Waals surface area (Å²) in [7, 11) is 1.30. The minimum absolute atomic E-state index is 0.220. The highest BCUT2D eigenvalue weighted by molar-refractivity contribution is 6.31. The van der Waals surface area contributed by atoms with Gasteiger partial charge in [-0.25, -0.2) is 9.78 Å². The Morgan fingerprint density at radius 3 is 2.60 bits per heavy atom. The molecule has 6 rings (SSSR count). The van der Waals surface area contributed by atoms with Gasteiger partial charge in [0, 0.05) is 16.0 Å². The molecule has 0 bridgehead atoms. The van der Waals surface area contributed by atoms with Gasteiger partial charge >= 0.3 is 5.97 Å². The fourth-order valence-electron chi connectivity index (χ4n) is 4.55. The van der Waals surface area contributed by atoms with Gasteiger partial charge in [0.15, 0.2) is 11.9 Å². The maximum absolute atomic E-state index is 13.7. The number of rotatable bonds is 6. The largest absolute Gasteiger partial charge is 0.478 e. The molecule has 0 aliphatic heterocycles. The Morgan fingerprint density at radius 2 is 1.77 bits per heavy atom. The number of halogens is 1. The molecule has 0 aliphatic rings. The van der Waals surface area contributed by atoms with Gasteiger partial charge in [-0.3, -0.25) is 4.79 Å². The topological polar surface area (TPSA) is 95.9 Å². The second-order valence-electron chi connectivity index (χ2n) is 9.09. The number of para-hydroxylation sites is 1. The van der Waals surface area contributed by atoms with Crippen LogP contribution in [0.2, 0.25) is 5.02 Å². The van der Waals surface area contributed by atoms with Crippen LogP contribution in [0.15, 0.2) is 99.2 Å². The van der Waals surface area contributed by atoms with Crippen LogP contribution in [0.3, 0.4) is 0 Å². The van der Waals surface area contributed by atoms with Gasteiger partial charge in [0.1, 0.15) is 11.3 Å². The third kappa shape index (κ3) is 4.58. The van der Waals surface area contributed by atoms with Gasteiger partial charge in [-0.1, -0.05) is 54.1 Å². The molecular weight excluding hydrogens is 530 g/mol. The lowest BCUT2D eigenvalue weighted by atomic mass is 10.0. The number of nitrogens with zero attached hydrogens (tertiary/aromatic N) is 3. The van der Waals surface area contributed by atoms with E-state index in [1.807, 2.05) is 36.4 Å². The highest BCUT2D eigenvalue weighted by atomic mass is 35.5. The summed E-state index contributed by atoms with van der Waals surface area (Å²) in [5, 5.41) is 8.09. The first kappa shape index (κ1) is 25.3. The Morgan fingerprint density at radius 1 is 1.00 bits per heavy atom. The molecule has 0 N–H and O–H groups in total. The van der Waals surface area contributed by atoms with Crippen LogP contribution in [0, 0.1) is 0 Å². The Bertz CT molecular complexity index is 2010. The van der Waals surface area contributed by atoms with E-state index in [1.54, 1.807) is 55.5 Å². The van der Waals surface area contributed by atoms with Crippen LogP contribution in [-0.2, 0) is 9.53 Å². The first-order chi connectivity index (χ1) is 19.4. The number of fused-ring (bicyclic) bond motifs is 3. The lowest BCUT2D eigenvalue weighted by Gasteiger charge is -2.16. The number of benzene rings is 4. The van der Waals surface area contributed by atoms with Crippen molar-refractivity contribution in [3.63, 3.8) is 0 Å². The molecule has 0 spiro atoms. The highest BCUT2D eigenvalue weighted by Crippen LogP contribution is 2.30. The molecule has 9 heteroatoms. The van der Waals surface area contributed by atoms with Gasteiger partial charge in [-0.05, 0) is 60.2 Å². The number of hydrogen-bond acceptors (Lipinski definition) is 7. The summed E-state index contributed by atoms with van der Waals surface area (Å²) in [4.78, 5) is 30.5. The number of ether oxygens (including phenoxy) is 2. The normalized spacial score (nSPS) is 12.4. The summed E-state index contributed by atoms with van der Waals surface area (Å²) < 4.78 is 18.1. The third-order valence-corrected chi connectivity index (χ3v) is 6.76. The van der Waals surface area contributed by atoms with Crippen molar-refractivity contribution >= 4 is 56.4 Å². The smallest absolute Gasteiger partial charge is 0.346 e. The van der Waals surface area contributed by atoms with Gasteiger partial charge in [0.2, 0.25) is 5.82 Å². The van der Waals surface area contributed by atoms with E-state index in [-0.39, 0.29) is 11.4 Å². The van der Waals surface area contributed by atoms with Crippen molar-refractivity contribution in [3.8, 4) is 17.3 Å². The molecule has 198 valence electrons. The Hall–Kier alpha value is -4.95. The first-order valence-corrected chi connectivity index (χ1v) is 12.8. The summed E-state index contributed by atoms with van der Waals surface area (Å²) in [5.41, 5.74) is 1.31. The molecule has 0 fully saturated rings. The second kappa shape index (κ2) is 10.3. The molecule has 0 unspecified atom stereocenters. The number of carbonyl (C=O) groups is 1. The van der Waals surface area contributed by atoms with Gasteiger partial charge < -0.3 is 13.9 Å². The van der Waals surface area contributed by atoms with Crippen LogP contribution in [0.25, 0.3) is 44.2 Å². The number of methoxy groups -OCH3 is 1. The van der Waals surface area contributed by atoms with E-state index in [4.69, 9.17) is 30.5 Å². The maximum atomic E-state index is 13.7. The molecule has 40 heavy (non-hydrogen) atoms. The van der Waals surface area contributed by atoms with E-state index in [0.717, 1.165) is 16.2 Å².